The van der Waals surface area contributed by atoms with Crippen molar-refractivity contribution in [2.75, 3.05) is 0 Å². The summed E-state index contributed by atoms with van der Waals surface area (Å²) in [6, 6.07) is 2.93. The lowest BCUT2D eigenvalue weighted by atomic mass is 9.90. The maximum atomic E-state index is 13.5. The molecule has 0 aliphatic heterocycles. The van der Waals surface area contributed by atoms with E-state index in [9.17, 15) is 14.9 Å². The van der Waals surface area contributed by atoms with Crippen LogP contribution in [0.15, 0.2) is 23.9 Å². The first-order valence-electron chi connectivity index (χ1n) is 10.1. The second kappa shape index (κ2) is 9.24. The molecule has 0 bridgehead atoms. The minimum absolute atomic E-state index is 0.00286. The number of nitrogens with zero attached hydrogens (tertiary/aromatic N) is 3. The average Bonchev–Trinajstić information content (AvgIpc) is 3.01. The van der Waals surface area contributed by atoms with E-state index in [1.54, 1.807) is 11.6 Å². The summed E-state index contributed by atoms with van der Waals surface area (Å²) in [5.74, 6) is 0.508. The highest BCUT2D eigenvalue weighted by molar-refractivity contribution is 6.12. The van der Waals surface area contributed by atoms with Crippen LogP contribution in [0, 0.1) is 23.0 Å². The van der Waals surface area contributed by atoms with E-state index < -0.39 is 4.92 Å². The zero-order valence-corrected chi connectivity index (χ0v) is 19.1. The molecule has 1 heterocycles. The normalized spacial score (nSPS) is 11.1. The van der Waals surface area contributed by atoms with Crippen LogP contribution in [0.25, 0.3) is 5.57 Å². The molecule has 0 aliphatic rings. The Labute approximate surface area is 177 Å². The Balaban J connectivity index is 2.67. The van der Waals surface area contributed by atoms with Crippen molar-refractivity contribution in [1.29, 1.82) is 0 Å². The molecule has 30 heavy (non-hydrogen) atoms. The van der Waals surface area contributed by atoms with Gasteiger partial charge in [0.1, 0.15) is 5.56 Å². The number of allylic oxidation sites excluding steroid dienone is 2. The number of ketones is 1. The molecule has 0 unspecified atom stereocenters. The average molecular weight is 414 g/mol. The van der Waals surface area contributed by atoms with Crippen LogP contribution < -0.4 is 4.74 Å². The Morgan fingerprint density at radius 3 is 2.30 bits per heavy atom. The van der Waals surface area contributed by atoms with Gasteiger partial charge in [-0.3, -0.25) is 14.9 Å². The molecule has 0 amide bonds. The number of rotatable bonds is 8. The van der Waals surface area contributed by atoms with Crippen molar-refractivity contribution in [2.24, 2.45) is 5.92 Å². The molecule has 0 spiro atoms. The molecule has 0 atom stereocenters. The van der Waals surface area contributed by atoms with Crippen LogP contribution in [-0.2, 0) is 6.54 Å². The van der Waals surface area contributed by atoms with Gasteiger partial charge in [-0.15, -0.1) is 0 Å². The molecule has 0 fully saturated rings. The summed E-state index contributed by atoms with van der Waals surface area (Å²) in [7, 11) is 0. The smallest absolute Gasteiger partial charge is 0.277 e. The second-order valence-electron chi connectivity index (χ2n) is 8.45. The number of aromatic nitrogens is 2. The van der Waals surface area contributed by atoms with Crippen molar-refractivity contribution >= 4 is 17.0 Å². The Morgan fingerprint density at radius 2 is 1.80 bits per heavy atom. The lowest BCUT2D eigenvalue weighted by molar-refractivity contribution is -0.385. The van der Waals surface area contributed by atoms with Crippen molar-refractivity contribution in [1.82, 2.24) is 9.78 Å². The predicted molar refractivity (Wildman–Crippen MR) is 118 cm³/mol. The molecule has 7 nitrogen and oxygen atoms in total. The topological polar surface area (TPSA) is 87.3 Å². The van der Waals surface area contributed by atoms with Crippen LogP contribution >= 0.6 is 0 Å². The number of nitro groups is 1. The molecule has 2 aromatic rings. The number of nitro benzene ring substituents is 1. The van der Waals surface area contributed by atoms with Crippen molar-refractivity contribution < 1.29 is 14.5 Å². The van der Waals surface area contributed by atoms with E-state index in [1.807, 2.05) is 34.6 Å². The van der Waals surface area contributed by atoms with Gasteiger partial charge in [0, 0.05) is 18.2 Å². The fourth-order valence-electron chi connectivity index (χ4n) is 3.32. The quantitative estimate of drug-likeness (QED) is 0.320. The highest BCUT2D eigenvalue weighted by atomic mass is 16.6. The fourth-order valence-corrected chi connectivity index (χ4v) is 3.32. The predicted octanol–water partition coefficient (Wildman–Crippen LogP) is 5.59. The second-order valence-corrected chi connectivity index (χ2v) is 8.45. The van der Waals surface area contributed by atoms with Gasteiger partial charge in [0.25, 0.3) is 5.69 Å². The Morgan fingerprint density at radius 1 is 1.17 bits per heavy atom. The van der Waals surface area contributed by atoms with E-state index in [-0.39, 0.29) is 17.6 Å². The first-order chi connectivity index (χ1) is 14.0. The lowest BCUT2D eigenvalue weighted by Crippen LogP contribution is -2.16. The lowest BCUT2D eigenvalue weighted by Gasteiger charge is -2.16. The molecule has 1 aromatic heterocycles. The third-order valence-corrected chi connectivity index (χ3v) is 4.93. The summed E-state index contributed by atoms with van der Waals surface area (Å²) in [4.78, 5) is 24.7. The first-order valence-corrected chi connectivity index (χ1v) is 10.1. The molecule has 7 heteroatoms. The number of ether oxygens (including phenoxy) is 1. The van der Waals surface area contributed by atoms with E-state index in [1.165, 1.54) is 18.3 Å². The Kier molecular flexibility index (Phi) is 7.18. The first kappa shape index (κ1) is 23.3. The van der Waals surface area contributed by atoms with Crippen LogP contribution in [0.3, 0.4) is 0 Å². The number of hydrogen-bond acceptors (Lipinski definition) is 5. The Hall–Kier alpha value is -2.96. The van der Waals surface area contributed by atoms with E-state index >= 15 is 0 Å². The standard InChI is InChI=1S/C23H31N3O4/c1-13(2)12-25-23(30-15(5)6)19(11-24-25)22(27)18-9-10-20(26(28)29)21(17(18)8)16(7)14(3)4/h9-11,13,15H,12H2,1-8H3. The summed E-state index contributed by atoms with van der Waals surface area (Å²) in [6.07, 6.45) is 1.40. The Bertz CT molecular complexity index is 996. The van der Waals surface area contributed by atoms with Crippen molar-refractivity contribution in [3.8, 4) is 5.88 Å². The van der Waals surface area contributed by atoms with Gasteiger partial charge in [0.15, 0.2) is 5.78 Å². The highest BCUT2D eigenvalue weighted by Gasteiger charge is 2.27. The van der Waals surface area contributed by atoms with Gasteiger partial charge in [0.05, 0.1) is 22.8 Å². The molecule has 0 saturated carbocycles. The van der Waals surface area contributed by atoms with Gasteiger partial charge in [-0.05, 0) is 64.7 Å². The number of carbonyl (C=O) groups excluding carboxylic acids is 1. The van der Waals surface area contributed by atoms with Gasteiger partial charge in [-0.1, -0.05) is 19.4 Å². The summed E-state index contributed by atoms with van der Waals surface area (Å²) in [5.41, 5.74) is 3.60. The molecule has 0 radical (unpaired) electrons. The summed E-state index contributed by atoms with van der Waals surface area (Å²) in [5, 5.41) is 16.0. The number of hydrogen-bond donors (Lipinski definition) is 0. The molecule has 0 N–H and O–H groups in total. The van der Waals surface area contributed by atoms with Gasteiger partial charge in [0.2, 0.25) is 5.88 Å². The maximum Gasteiger partial charge on any atom is 0.277 e. The minimum atomic E-state index is -0.406. The minimum Gasteiger partial charge on any atom is -0.475 e. The highest BCUT2D eigenvalue weighted by Crippen LogP contribution is 2.35. The maximum absolute atomic E-state index is 13.5. The SMILES string of the molecule is CC(C)=C(C)c1c([N+](=O)[O-])ccc(C(=O)c2cnn(CC(C)C)c2OC(C)C)c1C. The van der Waals surface area contributed by atoms with Crippen LogP contribution in [0.4, 0.5) is 5.69 Å². The molecule has 0 aliphatic carbocycles. The summed E-state index contributed by atoms with van der Waals surface area (Å²) < 4.78 is 7.65. The summed E-state index contributed by atoms with van der Waals surface area (Å²) in [6.45, 7) is 15.9. The van der Waals surface area contributed by atoms with Crippen LogP contribution in [-0.4, -0.2) is 26.6 Å². The number of benzene rings is 1. The van der Waals surface area contributed by atoms with Crippen molar-refractivity contribution in [3.63, 3.8) is 0 Å². The largest absolute Gasteiger partial charge is 0.475 e. The van der Waals surface area contributed by atoms with E-state index in [0.29, 0.717) is 40.6 Å². The number of carbonyl (C=O) groups is 1. The molecule has 162 valence electrons. The molecular weight excluding hydrogens is 382 g/mol. The van der Waals surface area contributed by atoms with E-state index in [4.69, 9.17) is 4.74 Å². The molecular formula is C23H31N3O4. The molecule has 1 aromatic carbocycles. The molecule has 0 saturated heterocycles. The van der Waals surface area contributed by atoms with Gasteiger partial charge in [-0.2, -0.15) is 5.10 Å². The van der Waals surface area contributed by atoms with E-state index in [0.717, 1.165) is 11.1 Å². The van der Waals surface area contributed by atoms with Gasteiger partial charge >= 0.3 is 0 Å². The van der Waals surface area contributed by atoms with Crippen LogP contribution in [0.5, 0.6) is 5.88 Å². The fraction of sp³-hybridized carbons (Fsp3) is 0.478. The van der Waals surface area contributed by atoms with Gasteiger partial charge < -0.3 is 4.74 Å². The monoisotopic (exact) mass is 413 g/mol. The van der Waals surface area contributed by atoms with Crippen molar-refractivity contribution in [3.05, 3.63) is 56.3 Å². The van der Waals surface area contributed by atoms with Crippen molar-refractivity contribution in [2.45, 2.75) is 68.0 Å². The third kappa shape index (κ3) is 4.78. The summed E-state index contributed by atoms with van der Waals surface area (Å²) >= 11 is 0. The van der Waals surface area contributed by atoms with Gasteiger partial charge in [-0.25, -0.2) is 4.68 Å². The van der Waals surface area contributed by atoms with E-state index in [2.05, 4.69) is 18.9 Å². The molecule has 2 rings (SSSR count). The zero-order chi connectivity index (χ0) is 22.7. The van der Waals surface area contributed by atoms with Crippen LogP contribution in [0.2, 0.25) is 0 Å². The van der Waals surface area contributed by atoms with Crippen LogP contribution in [0.1, 0.15) is 75.5 Å². The third-order valence-electron chi connectivity index (χ3n) is 4.93. The zero-order valence-electron chi connectivity index (χ0n) is 19.1.